The van der Waals surface area contributed by atoms with Gasteiger partial charge in [-0.3, -0.25) is 9.59 Å². The molecule has 5 heteroatoms. The minimum Gasteiger partial charge on any atom is -0.348 e. The number of carbonyl (C=O) groups is 2. The molecule has 0 atom stereocenters. The highest BCUT2D eigenvalue weighted by atomic mass is 35.5. The summed E-state index contributed by atoms with van der Waals surface area (Å²) in [7, 11) is 1.79. The summed E-state index contributed by atoms with van der Waals surface area (Å²) in [5, 5.41) is 3.51. The molecule has 0 aliphatic carbocycles. The molecule has 0 fully saturated rings. The van der Waals surface area contributed by atoms with Crippen LogP contribution >= 0.6 is 11.6 Å². The Morgan fingerprint density at radius 2 is 1.91 bits per heavy atom. The fraction of sp³-hybridized carbons (Fsp3) is 0.222. The van der Waals surface area contributed by atoms with Crippen molar-refractivity contribution in [2.24, 2.45) is 0 Å². The SMILES string of the molecule is CN1C(=O)CCc2cc(CNC(=O)c3ccc(Cl)cc3)ccc21. The Morgan fingerprint density at radius 1 is 1.17 bits per heavy atom. The maximum atomic E-state index is 12.1. The highest BCUT2D eigenvalue weighted by Crippen LogP contribution is 2.27. The van der Waals surface area contributed by atoms with E-state index in [0.717, 1.165) is 23.2 Å². The maximum Gasteiger partial charge on any atom is 0.251 e. The van der Waals surface area contributed by atoms with Crippen LogP contribution in [0.1, 0.15) is 27.9 Å². The van der Waals surface area contributed by atoms with E-state index < -0.39 is 0 Å². The van der Waals surface area contributed by atoms with E-state index in [1.807, 2.05) is 12.1 Å². The Bertz CT molecular complexity index is 756. The molecule has 23 heavy (non-hydrogen) atoms. The summed E-state index contributed by atoms with van der Waals surface area (Å²) in [6.07, 6.45) is 1.28. The number of aryl methyl sites for hydroxylation is 1. The highest BCUT2D eigenvalue weighted by Gasteiger charge is 2.20. The lowest BCUT2D eigenvalue weighted by Crippen LogP contribution is -2.31. The van der Waals surface area contributed by atoms with Gasteiger partial charge in [0.1, 0.15) is 0 Å². The van der Waals surface area contributed by atoms with E-state index in [0.29, 0.717) is 23.6 Å². The molecule has 0 spiro atoms. The minimum absolute atomic E-state index is 0.133. The van der Waals surface area contributed by atoms with Gasteiger partial charge < -0.3 is 10.2 Å². The van der Waals surface area contributed by atoms with Gasteiger partial charge in [0, 0.05) is 36.3 Å². The number of rotatable bonds is 3. The van der Waals surface area contributed by atoms with E-state index in [9.17, 15) is 9.59 Å². The number of benzene rings is 2. The second-order valence-corrected chi connectivity index (χ2v) is 6.04. The number of amides is 2. The second kappa shape index (κ2) is 6.42. The van der Waals surface area contributed by atoms with Gasteiger partial charge in [0.05, 0.1) is 0 Å². The standard InChI is InChI=1S/C18H17ClN2O2/c1-21-16-8-2-12(10-14(16)5-9-17(21)22)11-20-18(23)13-3-6-15(19)7-4-13/h2-4,6-8,10H,5,9,11H2,1H3,(H,20,23). The van der Waals surface area contributed by atoms with Gasteiger partial charge in [0.15, 0.2) is 0 Å². The van der Waals surface area contributed by atoms with Crippen LogP contribution in [0.25, 0.3) is 0 Å². The second-order valence-electron chi connectivity index (χ2n) is 5.61. The van der Waals surface area contributed by atoms with E-state index in [4.69, 9.17) is 11.6 Å². The number of anilines is 1. The van der Waals surface area contributed by atoms with Crippen LogP contribution in [0.15, 0.2) is 42.5 Å². The number of halogens is 1. The van der Waals surface area contributed by atoms with Gasteiger partial charge in [-0.15, -0.1) is 0 Å². The summed E-state index contributed by atoms with van der Waals surface area (Å²) in [5.41, 5.74) is 3.70. The van der Waals surface area contributed by atoms with Gasteiger partial charge in [0.25, 0.3) is 5.91 Å². The topological polar surface area (TPSA) is 49.4 Å². The van der Waals surface area contributed by atoms with Crippen LogP contribution in [0.3, 0.4) is 0 Å². The third-order valence-electron chi connectivity index (χ3n) is 4.05. The first-order valence-corrected chi connectivity index (χ1v) is 7.84. The Kier molecular flexibility index (Phi) is 4.35. The molecule has 2 aromatic rings. The van der Waals surface area contributed by atoms with Crippen molar-refractivity contribution in [2.75, 3.05) is 11.9 Å². The number of nitrogens with one attached hydrogen (secondary N) is 1. The summed E-state index contributed by atoms with van der Waals surface area (Å²) in [5.74, 6) is 0.00738. The van der Waals surface area contributed by atoms with E-state index in [1.165, 1.54) is 0 Å². The van der Waals surface area contributed by atoms with Crippen molar-refractivity contribution in [2.45, 2.75) is 19.4 Å². The molecule has 0 aromatic heterocycles. The largest absolute Gasteiger partial charge is 0.348 e. The average molecular weight is 329 g/mol. The highest BCUT2D eigenvalue weighted by molar-refractivity contribution is 6.30. The van der Waals surface area contributed by atoms with Crippen LogP contribution in [-0.2, 0) is 17.8 Å². The quantitative estimate of drug-likeness (QED) is 0.940. The molecule has 118 valence electrons. The van der Waals surface area contributed by atoms with Crippen LogP contribution in [0.4, 0.5) is 5.69 Å². The minimum atomic E-state index is -0.133. The number of hydrogen-bond donors (Lipinski definition) is 1. The molecule has 0 saturated carbocycles. The zero-order chi connectivity index (χ0) is 16.4. The van der Waals surface area contributed by atoms with Gasteiger partial charge in [-0.05, 0) is 47.9 Å². The van der Waals surface area contributed by atoms with Crippen LogP contribution in [0, 0.1) is 0 Å². The van der Waals surface area contributed by atoms with Crippen molar-refractivity contribution < 1.29 is 9.59 Å². The molecule has 2 amide bonds. The third-order valence-corrected chi connectivity index (χ3v) is 4.30. The van der Waals surface area contributed by atoms with E-state index >= 15 is 0 Å². The summed E-state index contributed by atoms with van der Waals surface area (Å²) < 4.78 is 0. The Labute approximate surface area is 140 Å². The lowest BCUT2D eigenvalue weighted by atomic mass is 9.99. The zero-order valence-corrected chi connectivity index (χ0v) is 13.6. The molecule has 0 unspecified atom stereocenters. The Morgan fingerprint density at radius 3 is 2.65 bits per heavy atom. The Hall–Kier alpha value is -2.33. The number of nitrogens with zero attached hydrogens (tertiary/aromatic N) is 1. The fourth-order valence-electron chi connectivity index (χ4n) is 2.71. The summed E-state index contributed by atoms with van der Waals surface area (Å²) in [6, 6.07) is 12.7. The lowest BCUT2D eigenvalue weighted by Gasteiger charge is -2.26. The molecule has 0 saturated heterocycles. The Balaban J connectivity index is 1.68. The van der Waals surface area contributed by atoms with Gasteiger partial charge >= 0.3 is 0 Å². The van der Waals surface area contributed by atoms with Crippen LogP contribution in [-0.4, -0.2) is 18.9 Å². The monoisotopic (exact) mass is 328 g/mol. The predicted molar refractivity (Wildman–Crippen MR) is 90.8 cm³/mol. The molecular weight excluding hydrogens is 312 g/mol. The number of fused-ring (bicyclic) bond motifs is 1. The molecule has 1 heterocycles. The molecule has 0 bridgehead atoms. The van der Waals surface area contributed by atoms with Gasteiger partial charge in [0.2, 0.25) is 5.91 Å². The third kappa shape index (κ3) is 3.37. The molecular formula is C18H17ClN2O2. The molecule has 4 nitrogen and oxygen atoms in total. The first kappa shape index (κ1) is 15.6. The van der Waals surface area contributed by atoms with Crippen LogP contribution in [0.2, 0.25) is 5.02 Å². The summed E-state index contributed by atoms with van der Waals surface area (Å²) in [6.45, 7) is 0.451. The van der Waals surface area contributed by atoms with Crippen molar-refractivity contribution in [3.8, 4) is 0 Å². The molecule has 1 aliphatic heterocycles. The normalized spacial score (nSPS) is 13.7. The molecule has 1 aliphatic rings. The summed E-state index contributed by atoms with van der Waals surface area (Å²) in [4.78, 5) is 25.5. The smallest absolute Gasteiger partial charge is 0.251 e. The van der Waals surface area contributed by atoms with Crippen molar-refractivity contribution >= 4 is 29.1 Å². The average Bonchev–Trinajstić information content (AvgIpc) is 2.56. The van der Waals surface area contributed by atoms with E-state index in [1.54, 1.807) is 36.2 Å². The van der Waals surface area contributed by atoms with Crippen LogP contribution < -0.4 is 10.2 Å². The van der Waals surface area contributed by atoms with Crippen molar-refractivity contribution in [3.63, 3.8) is 0 Å². The number of hydrogen-bond acceptors (Lipinski definition) is 2. The first-order chi connectivity index (χ1) is 11.0. The van der Waals surface area contributed by atoms with Gasteiger partial charge in [-0.25, -0.2) is 0 Å². The van der Waals surface area contributed by atoms with Crippen molar-refractivity contribution in [1.82, 2.24) is 5.32 Å². The molecule has 1 N–H and O–H groups in total. The fourth-order valence-corrected chi connectivity index (χ4v) is 2.83. The lowest BCUT2D eigenvalue weighted by molar-refractivity contribution is -0.118. The summed E-state index contributed by atoms with van der Waals surface area (Å²) >= 11 is 5.82. The van der Waals surface area contributed by atoms with E-state index in [2.05, 4.69) is 11.4 Å². The first-order valence-electron chi connectivity index (χ1n) is 7.47. The van der Waals surface area contributed by atoms with Gasteiger partial charge in [-0.2, -0.15) is 0 Å². The number of carbonyl (C=O) groups excluding carboxylic acids is 2. The maximum absolute atomic E-state index is 12.1. The van der Waals surface area contributed by atoms with Gasteiger partial charge in [-0.1, -0.05) is 23.7 Å². The zero-order valence-electron chi connectivity index (χ0n) is 12.8. The van der Waals surface area contributed by atoms with E-state index in [-0.39, 0.29) is 11.8 Å². The van der Waals surface area contributed by atoms with Crippen LogP contribution in [0.5, 0.6) is 0 Å². The van der Waals surface area contributed by atoms with Crippen molar-refractivity contribution in [1.29, 1.82) is 0 Å². The van der Waals surface area contributed by atoms with Crippen molar-refractivity contribution in [3.05, 3.63) is 64.2 Å². The molecule has 0 radical (unpaired) electrons. The molecule has 2 aromatic carbocycles. The molecule has 3 rings (SSSR count). The predicted octanol–water partition coefficient (Wildman–Crippen LogP) is 3.18.